The monoisotopic (exact) mass is 277 g/mol. The maximum atomic E-state index is 10.9. The first-order valence-electron chi connectivity index (χ1n) is 6.06. The lowest BCUT2D eigenvalue weighted by atomic mass is 10.1. The molecule has 0 unspecified atom stereocenters. The van der Waals surface area contributed by atoms with Gasteiger partial charge in [-0.15, -0.1) is 11.3 Å². The molecule has 2 aromatic rings. The lowest BCUT2D eigenvalue weighted by molar-refractivity contribution is 0.0697. The highest BCUT2D eigenvalue weighted by atomic mass is 32.1. The molecule has 5 heteroatoms. The fraction of sp³-hybridized carbons (Fsp3) is 0.286. The minimum Gasteiger partial charge on any atom is -0.478 e. The second-order valence-electron chi connectivity index (χ2n) is 3.96. The number of carboxylic acid groups (broad SMARTS) is 1. The molecule has 0 aliphatic carbocycles. The largest absolute Gasteiger partial charge is 0.478 e. The first kappa shape index (κ1) is 13.7. The van der Waals surface area contributed by atoms with Crippen molar-refractivity contribution in [1.29, 1.82) is 0 Å². The Labute approximate surface area is 115 Å². The SMILES string of the molecule is CCOCCc1nc(-c2cccc(C(=O)O)c2)cs1. The highest BCUT2D eigenvalue weighted by Gasteiger charge is 2.08. The Balaban J connectivity index is 2.13. The standard InChI is InChI=1S/C14H15NO3S/c1-2-18-7-6-13-15-12(9-19-13)10-4-3-5-11(8-10)14(16)17/h3-5,8-9H,2,6-7H2,1H3,(H,16,17). The molecule has 1 heterocycles. The molecule has 0 aliphatic rings. The van der Waals surface area contributed by atoms with Gasteiger partial charge in [-0.2, -0.15) is 0 Å². The van der Waals surface area contributed by atoms with Crippen LogP contribution in [-0.2, 0) is 11.2 Å². The molecule has 0 bridgehead atoms. The number of thiazole rings is 1. The molecule has 0 saturated carbocycles. The van der Waals surface area contributed by atoms with Gasteiger partial charge in [0.25, 0.3) is 0 Å². The van der Waals surface area contributed by atoms with E-state index in [1.807, 2.05) is 18.4 Å². The summed E-state index contributed by atoms with van der Waals surface area (Å²) in [5, 5.41) is 11.9. The molecule has 0 aliphatic heterocycles. The van der Waals surface area contributed by atoms with Crippen LogP contribution in [0.3, 0.4) is 0 Å². The van der Waals surface area contributed by atoms with Crippen molar-refractivity contribution < 1.29 is 14.6 Å². The molecule has 0 spiro atoms. The van der Waals surface area contributed by atoms with Gasteiger partial charge in [0.05, 0.1) is 22.9 Å². The zero-order chi connectivity index (χ0) is 13.7. The number of ether oxygens (including phenoxy) is 1. The summed E-state index contributed by atoms with van der Waals surface area (Å²) < 4.78 is 5.29. The van der Waals surface area contributed by atoms with E-state index in [-0.39, 0.29) is 5.56 Å². The summed E-state index contributed by atoms with van der Waals surface area (Å²) in [5.41, 5.74) is 1.93. The number of hydrogen-bond donors (Lipinski definition) is 1. The summed E-state index contributed by atoms with van der Waals surface area (Å²) in [5.74, 6) is -0.923. The van der Waals surface area contributed by atoms with Gasteiger partial charge in [-0.3, -0.25) is 0 Å². The first-order valence-corrected chi connectivity index (χ1v) is 6.94. The maximum absolute atomic E-state index is 10.9. The Bertz CT molecular complexity index is 565. The zero-order valence-electron chi connectivity index (χ0n) is 10.6. The Morgan fingerprint density at radius 2 is 2.32 bits per heavy atom. The molecule has 4 nitrogen and oxygen atoms in total. The summed E-state index contributed by atoms with van der Waals surface area (Å²) in [6.07, 6.45) is 0.789. The summed E-state index contributed by atoms with van der Waals surface area (Å²) in [4.78, 5) is 15.4. The highest BCUT2D eigenvalue weighted by Crippen LogP contribution is 2.23. The molecule has 1 aromatic carbocycles. The summed E-state index contributed by atoms with van der Waals surface area (Å²) in [6.45, 7) is 3.34. The number of nitrogens with zero attached hydrogens (tertiary/aromatic N) is 1. The van der Waals surface area contributed by atoms with Gasteiger partial charge in [0.1, 0.15) is 0 Å². The minimum atomic E-state index is -0.923. The predicted octanol–water partition coefficient (Wildman–Crippen LogP) is 3.09. The van der Waals surface area contributed by atoms with Crippen LogP contribution in [-0.4, -0.2) is 29.3 Å². The lowest BCUT2D eigenvalue weighted by Crippen LogP contribution is -1.97. The van der Waals surface area contributed by atoms with E-state index in [0.29, 0.717) is 13.2 Å². The molecular weight excluding hydrogens is 262 g/mol. The van der Waals surface area contributed by atoms with Gasteiger partial charge in [-0.1, -0.05) is 12.1 Å². The van der Waals surface area contributed by atoms with Gasteiger partial charge in [0.15, 0.2) is 0 Å². The Kier molecular flexibility index (Phi) is 4.65. The van der Waals surface area contributed by atoms with Gasteiger partial charge in [0, 0.05) is 24.0 Å². The average Bonchev–Trinajstić information content (AvgIpc) is 2.88. The van der Waals surface area contributed by atoms with Gasteiger partial charge < -0.3 is 9.84 Å². The van der Waals surface area contributed by atoms with Crippen LogP contribution in [0.15, 0.2) is 29.6 Å². The molecule has 0 fully saturated rings. The average molecular weight is 277 g/mol. The lowest BCUT2D eigenvalue weighted by Gasteiger charge is -1.99. The van der Waals surface area contributed by atoms with E-state index in [1.54, 1.807) is 29.5 Å². The summed E-state index contributed by atoms with van der Waals surface area (Å²) >= 11 is 1.57. The van der Waals surface area contributed by atoms with Crippen molar-refractivity contribution >= 4 is 17.3 Å². The van der Waals surface area contributed by atoms with Crippen molar-refractivity contribution in [3.05, 3.63) is 40.2 Å². The van der Waals surface area contributed by atoms with Crippen molar-refractivity contribution in [2.24, 2.45) is 0 Å². The van der Waals surface area contributed by atoms with Gasteiger partial charge in [-0.25, -0.2) is 9.78 Å². The minimum absolute atomic E-state index is 0.279. The number of hydrogen-bond acceptors (Lipinski definition) is 4. The van der Waals surface area contributed by atoms with Crippen LogP contribution in [0.5, 0.6) is 0 Å². The van der Waals surface area contributed by atoms with E-state index in [9.17, 15) is 4.79 Å². The number of rotatable bonds is 6. The third kappa shape index (κ3) is 3.62. The van der Waals surface area contributed by atoms with Crippen LogP contribution in [0.2, 0.25) is 0 Å². The quantitative estimate of drug-likeness (QED) is 0.824. The van der Waals surface area contributed by atoms with Crippen LogP contribution >= 0.6 is 11.3 Å². The number of benzene rings is 1. The van der Waals surface area contributed by atoms with Crippen LogP contribution in [0.4, 0.5) is 0 Å². The Hall–Kier alpha value is -1.72. The maximum Gasteiger partial charge on any atom is 0.335 e. The van der Waals surface area contributed by atoms with E-state index in [1.165, 1.54) is 0 Å². The third-order valence-corrected chi connectivity index (χ3v) is 3.53. The fourth-order valence-electron chi connectivity index (χ4n) is 1.67. The smallest absolute Gasteiger partial charge is 0.335 e. The van der Waals surface area contributed by atoms with E-state index >= 15 is 0 Å². The van der Waals surface area contributed by atoms with Crippen LogP contribution in [0.25, 0.3) is 11.3 Å². The van der Waals surface area contributed by atoms with Crippen molar-refractivity contribution in [2.75, 3.05) is 13.2 Å². The van der Waals surface area contributed by atoms with Crippen molar-refractivity contribution in [2.45, 2.75) is 13.3 Å². The van der Waals surface area contributed by atoms with Crippen LogP contribution < -0.4 is 0 Å². The van der Waals surface area contributed by atoms with Gasteiger partial charge in [-0.05, 0) is 19.1 Å². The molecule has 0 saturated heterocycles. The fourth-order valence-corrected chi connectivity index (χ4v) is 2.46. The zero-order valence-corrected chi connectivity index (χ0v) is 11.4. The number of aromatic carboxylic acids is 1. The summed E-state index contributed by atoms with van der Waals surface area (Å²) in [7, 11) is 0. The second kappa shape index (κ2) is 6.45. The van der Waals surface area contributed by atoms with Gasteiger partial charge >= 0.3 is 5.97 Å². The van der Waals surface area contributed by atoms with E-state index in [0.717, 1.165) is 22.7 Å². The molecule has 0 amide bonds. The van der Waals surface area contributed by atoms with Gasteiger partial charge in [0.2, 0.25) is 0 Å². The normalized spacial score (nSPS) is 10.6. The molecule has 0 radical (unpaired) electrons. The van der Waals surface area contributed by atoms with Crippen molar-refractivity contribution in [1.82, 2.24) is 4.98 Å². The van der Waals surface area contributed by atoms with Crippen molar-refractivity contribution in [3.8, 4) is 11.3 Å². The van der Waals surface area contributed by atoms with Crippen molar-refractivity contribution in [3.63, 3.8) is 0 Å². The molecule has 19 heavy (non-hydrogen) atoms. The molecule has 100 valence electrons. The molecular formula is C14H15NO3S. The van der Waals surface area contributed by atoms with Crippen LogP contribution in [0.1, 0.15) is 22.3 Å². The highest BCUT2D eigenvalue weighted by molar-refractivity contribution is 7.09. The van der Waals surface area contributed by atoms with E-state index < -0.39 is 5.97 Å². The topological polar surface area (TPSA) is 59.4 Å². The number of carboxylic acids is 1. The number of carbonyl (C=O) groups is 1. The van der Waals surface area contributed by atoms with Crippen LogP contribution in [0, 0.1) is 0 Å². The molecule has 2 rings (SSSR count). The number of aromatic nitrogens is 1. The van der Waals surface area contributed by atoms with E-state index in [2.05, 4.69) is 4.98 Å². The summed E-state index contributed by atoms with van der Waals surface area (Å²) in [6, 6.07) is 6.82. The molecule has 0 atom stereocenters. The Morgan fingerprint density at radius 3 is 3.05 bits per heavy atom. The predicted molar refractivity (Wildman–Crippen MR) is 74.7 cm³/mol. The molecule has 1 N–H and O–H groups in total. The molecule has 1 aromatic heterocycles. The Morgan fingerprint density at radius 1 is 1.47 bits per heavy atom. The third-order valence-electron chi connectivity index (χ3n) is 2.62. The first-order chi connectivity index (χ1) is 9.20. The second-order valence-corrected chi connectivity index (χ2v) is 4.90. The van der Waals surface area contributed by atoms with E-state index in [4.69, 9.17) is 9.84 Å².